The van der Waals surface area contributed by atoms with Crippen LogP contribution in [0.25, 0.3) is 0 Å². The van der Waals surface area contributed by atoms with Gasteiger partial charge in [-0.2, -0.15) is 0 Å². The number of hydrogen-bond donors (Lipinski definition) is 1. The van der Waals surface area contributed by atoms with Crippen molar-refractivity contribution in [1.29, 1.82) is 0 Å². The van der Waals surface area contributed by atoms with E-state index in [-0.39, 0.29) is 12.5 Å². The monoisotopic (exact) mass is 400 g/mol. The van der Waals surface area contributed by atoms with Gasteiger partial charge in [0.1, 0.15) is 31.3 Å². The Labute approximate surface area is 171 Å². The Bertz CT molecular complexity index is 794. The molecule has 0 bridgehead atoms. The summed E-state index contributed by atoms with van der Waals surface area (Å²) in [4.78, 5) is 14.4. The van der Waals surface area contributed by atoms with Crippen LogP contribution in [0.15, 0.2) is 42.5 Å². The summed E-state index contributed by atoms with van der Waals surface area (Å²) >= 11 is 0. The standard InChI is InChI=1S/C22H28N2O5/c1-3-24(11-12-27-19-8-6-18(7-9-19)26-4-2)16-22(25)23-17-5-10-20-21(15-17)29-14-13-28-20/h5-10,15H,3-4,11-14,16H2,1-2H3,(H,23,25). The van der Waals surface area contributed by atoms with E-state index in [1.807, 2.05) is 55.1 Å². The number of carbonyl (C=O) groups is 1. The van der Waals surface area contributed by atoms with Gasteiger partial charge in [0.25, 0.3) is 0 Å². The molecule has 1 N–H and O–H groups in total. The van der Waals surface area contributed by atoms with Gasteiger partial charge < -0.3 is 24.3 Å². The number of likely N-dealkylation sites (N-methyl/N-ethyl adjacent to an activating group) is 1. The summed E-state index contributed by atoms with van der Waals surface area (Å²) in [6.45, 7) is 7.86. The van der Waals surface area contributed by atoms with E-state index in [0.29, 0.717) is 50.2 Å². The van der Waals surface area contributed by atoms with Crippen LogP contribution in [-0.4, -0.2) is 56.9 Å². The van der Waals surface area contributed by atoms with Crippen LogP contribution in [0, 0.1) is 0 Å². The molecule has 0 radical (unpaired) electrons. The Morgan fingerprint density at radius 1 is 1.00 bits per heavy atom. The molecule has 0 aromatic heterocycles. The lowest BCUT2D eigenvalue weighted by atomic mass is 10.2. The topological polar surface area (TPSA) is 69.3 Å². The highest BCUT2D eigenvalue weighted by molar-refractivity contribution is 5.92. The predicted octanol–water partition coefficient (Wildman–Crippen LogP) is 3.20. The van der Waals surface area contributed by atoms with Crippen LogP contribution in [-0.2, 0) is 4.79 Å². The zero-order valence-electron chi connectivity index (χ0n) is 17.0. The molecule has 29 heavy (non-hydrogen) atoms. The number of rotatable bonds is 10. The zero-order chi connectivity index (χ0) is 20.5. The van der Waals surface area contributed by atoms with Crippen molar-refractivity contribution in [2.75, 3.05) is 51.4 Å². The number of amides is 1. The largest absolute Gasteiger partial charge is 0.494 e. The van der Waals surface area contributed by atoms with Crippen molar-refractivity contribution in [3.63, 3.8) is 0 Å². The fourth-order valence-corrected chi connectivity index (χ4v) is 2.97. The molecule has 1 amide bonds. The minimum Gasteiger partial charge on any atom is -0.494 e. The number of hydrogen-bond acceptors (Lipinski definition) is 6. The highest BCUT2D eigenvalue weighted by atomic mass is 16.6. The number of carbonyl (C=O) groups excluding carboxylic acids is 1. The van der Waals surface area contributed by atoms with Crippen molar-refractivity contribution in [3.8, 4) is 23.0 Å². The molecule has 0 saturated carbocycles. The molecule has 7 heteroatoms. The maximum atomic E-state index is 12.4. The predicted molar refractivity (Wildman–Crippen MR) is 111 cm³/mol. The molecule has 1 aliphatic heterocycles. The van der Waals surface area contributed by atoms with E-state index in [9.17, 15) is 4.79 Å². The van der Waals surface area contributed by atoms with Crippen molar-refractivity contribution < 1.29 is 23.7 Å². The molecule has 7 nitrogen and oxygen atoms in total. The van der Waals surface area contributed by atoms with E-state index in [4.69, 9.17) is 18.9 Å². The van der Waals surface area contributed by atoms with Gasteiger partial charge in [0.05, 0.1) is 13.2 Å². The summed E-state index contributed by atoms with van der Waals surface area (Å²) in [5.74, 6) is 2.89. The third-order valence-electron chi connectivity index (χ3n) is 4.45. The molecule has 156 valence electrons. The molecule has 2 aromatic rings. The minimum atomic E-state index is -0.0791. The van der Waals surface area contributed by atoms with Crippen molar-refractivity contribution in [3.05, 3.63) is 42.5 Å². The molecule has 0 saturated heterocycles. The number of nitrogens with zero attached hydrogens (tertiary/aromatic N) is 1. The normalized spacial score (nSPS) is 12.5. The van der Waals surface area contributed by atoms with Crippen molar-refractivity contribution >= 4 is 11.6 Å². The van der Waals surface area contributed by atoms with Gasteiger partial charge in [0.2, 0.25) is 5.91 Å². The zero-order valence-corrected chi connectivity index (χ0v) is 17.0. The minimum absolute atomic E-state index is 0.0791. The summed E-state index contributed by atoms with van der Waals surface area (Å²) in [5, 5.41) is 2.91. The van der Waals surface area contributed by atoms with Gasteiger partial charge in [-0.1, -0.05) is 6.92 Å². The summed E-state index contributed by atoms with van der Waals surface area (Å²) in [6.07, 6.45) is 0. The second-order valence-corrected chi connectivity index (χ2v) is 6.53. The average molecular weight is 400 g/mol. The summed E-state index contributed by atoms with van der Waals surface area (Å²) in [5.41, 5.74) is 0.695. The highest BCUT2D eigenvalue weighted by Gasteiger charge is 2.14. The molecular formula is C22H28N2O5. The molecular weight excluding hydrogens is 372 g/mol. The van der Waals surface area contributed by atoms with Crippen LogP contribution >= 0.6 is 0 Å². The smallest absolute Gasteiger partial charge is 0.238 e. The average Bonchev–Trinajstić information content (AvgIpc) is 2.74. The molecule has 0 atom stereocenters. The maximum absolute atomic E-state index is 12.4. The Kier molecular flexibility index (Phi) is 7.58. The Hall–Kier alpha value is -2.93. The van der Waals surface area contributed by atoms with E-state index >= 15 is 0 Å². The number of nitrogens with one attached hydrogen (secondary N) is 1. The van der Waals surface area contributed by atoms with Crippen LogP contribution in [0.5, 0.6) is 23.0 Å². The van der Waals surface area contributed by atoms with Crippen molar-refractivity contribution in [2.24, 2.45) is 0 Å². The highest BCUT2D eigenvalue weighted by Crippen LogP contribution is 2.32. The third kappa shape index (κ3) is 6.29. The SMILES string of the molecule is CCOc1ccc(OCCN(CC)CC(=O)Nc2ccc3c(c2)OCCO3)cc1. The first-order chi connectivity index (χ1) is 14.2. The quantitative estimate of drug-likeness (QED) is 0.661. The lowest BCUT2D eigenvalue weighted by molar-refractivity contribution is -0.117. The maximum Gasteiger partial charge on any atom is 0.238 e. The van der Waals surface area contributed by atoms with Gasteiger partial charge in [-0.15, -0.1) is 0 Å². The lowest BCUT2D eigenvalue weighted by Gasteiger charge is -2.21. The summed E-state index contributed by atoms with van der Waals surface area (Å²) < 4.78 is 22.2. The van der Waals surface area contributed by atoms with E-state index in [2.05, 4.69) is 5.32 Å². The van der Waals surface area contributed by atoms with Gasteiger partial charge in [0, 0.05) is 18.3 Å². The molecule has 2 aromatic carbocycles. The van der Waals surface area contributed by atoms with E-state index < -0.39 is 0 Å². The molecule has 1 aliphatic rings. The summed E-state index contributed by atoms with van der Waals surface area (Å²) in [7, 11) is 0. The van der Waals surface area contributed by atoms with Gasteiger partial charge in [0.15, 0.2) is 11.5 Å². The molecule has 0 unspecified atom stereocenters. The van der Waals surface area contributed by atoms with Crippen LogP contribution in [0.1, 0.15) is 13.8 Å². The first-order valence-corrected chi connectivity index (χ1v) is 9.95. The number of ether oxygens (including phenoxy) is 4. The van der Waals surface area contributed by atoms with E-state index in [1.54, 1.807) is 6.07 Å². The molecule has 3 rings (SSSR count). The van der Waals surface area contributed by atoms with Crippen molar-refractivity contribution in [1.82, 2.24) is 4.90 Å². The Morgan fingerprint density at radius 2 is 1.69 bits per heavy atom. The van der Waals surface area contributed by atoms with Gasteiger partial charge in [-0.3, -0.25) is 9.69 Å². The first kappa shape index (κ1) is 20.8. The fraction of sp³-hybridized carbons (Fsp3) is 0.409. The van der Waals surface area contributed by atoms with E-state index in [0.717, 1.165) is 18.0 Å². The molecule has 0 aliphatic carbocycles. The first-order valence-electron chi connectivity index (χ1n) is 9.95. The Morgan fingerprint density at radius 3 is 2.38 bits per heavy atom. The molecule has 1 heterocycles. The summed E-state index contributed by atoms with van der Waals surface area (Å²) in [6, 6.07) is 13.0. The second-order valence-electron chi connectivity index (χ2n) is 6.53. The van der Waals surface area contributed by atoms with Gasteiger partial charge >= 0.3 is 0 Å². The van der Waals surface area contributed by atoms with Gasteiger partial charge in [-0.05, 0) is 49.9 Å². The Balaban J connectivity index is 1.43. The molecule has 0 fully saturated rings. The van der Waals surface area contributed by atoms with Gasteiger partial charge in [-0.25, -0.2) is 0 Å². The van der Waals surface area contributed by atoms with E-state index in [1.165, 1.54) is 0 Å². The second kappa shape index (κ2) is 10.6. The lowest BCUT2D eigenvalue weighted by Crippen LogP contribution is -2.35. The number of anilines is 1. The van der Waals surface area contributed by atoms with Crippen molar-refractivity contribution in [2.45, 2.75) is 13.8 Å². The molecule has 0 spiro atoms. The van der Waals surface area contributed by atoms with Crippen LogP contribution in [0.3, 0.4) is 0 Å². The van der Waals surface area contributed by atoms with Crippen LogP contribution in [0.4, 0.5) is 5.69 Å². The van der Waals surface area contributed by atoms with Crippen LogP contribution < -0.4 is 24.3 Å². The number of benzene rings is 2. The van der Waals surface area contributed by atoms with Crippen LogP contribution in [0.2, 0.25) is 0 Å². The third-order valence-corrected chi connectivity index (χ3v) is 4.45. The fourth-order valence-electron chi connectivity index (χ4n) is 2.97. The number of fused-ring (bicyclic) bond motifs is 1.